The maximum Gasteiger partial charge on any atom is 0.330 e. The smallest absolute Gasteiger partial charge is 0.330 e. The maximum atomic E-state index is 12.9. The molecule has 0 saturated carbocycles. The van der Waals surface area contributed by atoms with Gasteiger partial charge in [0.25, 0.3) is 0 Å². The molecule has 0 radical (unpaired) electrons. The van der Waals surface area contributed by atoms with Gasteiger partial charge >= 0.3 is 11.9 Å². The number of ether oxygens (including phenoxy) is 2. The largest absolute Gasteiger partial charge is 0.466 e. The Morgan fingerprint density at radius 1 is 0.940 bits per heavy atom. The summed E-state index contributed by atoms with van der Waals surface area (Å²) in [4.78, 5) is 24.5. The van der Waals surface area contributed by atoms with Crippen molar-refractivity contribution in [2.24, 2.45) is 5.92 Å². The van der Waals surface area contributed by atoms with Crippen LogP contribution in [0.4, 0.5) is 0 Å². The minimum atomic E-state index is -2.26. The number of carbonyl (C=O) groups is 2. The van der Waals surface area contributed by atoms with Crippen LogP contribution in [0.15, 0.2) is 71.9 Å². The number of hydrogen-bond donors (Lipinski definition) is 1. The van der Waals surface area contributed by atoms with E-state index in [2.05, 4.69) is 92.4 Å². The van der Waals surface area contributed by atoms with Crippen molar-refractivity contribution in [1.29, 1.82) is 0 Å². The van der Waals surface area contributed by atoms with Gasteiger partial charge in [-0.3, -0.25) is 0 Å². The Bertz CT molecular complexity index is 1200. The molecule has 50 heavy (non-hydrogen) atoms. The van der Waals surface area contributed by atoms with E-state index in [9.17, 15) is 14.7 Å². The number of hydrogen-bond acceptors (Lipinski definition) is 7. The summed E-state index contributed by atoms with van der Waals surface area (Å²) in [6, 6.07) is 0. The Morgan fingerprint density at radius 3 is 2.16 bits per heavy atom. The molecule has 0 aromatic carbocycles. The molecule has 5 atom stereocenters. The van der Waals surface area contributed by atoms with Crippen LogP contribution >= 0.6 is 0 Å². The second-order valence-electron chi connectivity index (χ2n) is 15.8. The van der Waals surface area contributed by atoms with Crippen molar-refractivity contribution in [3.8, 4) is 0 Å². The standard InChI is InChI=1S/C41H70O7Si2/c1-30(2)50(31(3)4,32(5)6)48-38-26-25-36(42)21-17-15-19-23-41(44)46-39(35(9)28-34(8)24-27-40(43)45-10)29-33(7)20-16-14-18-22-37(38)47-49(11,12)13/h14,16,19-20,23-28,30-32,35-39,42H,15,17-18,21-22,29H2,1-13H3/b16-14+,23-19+,26-25+,27-24+,33-20+,34-28+/t35-,36+,37+,38+,39-/m0/s1. The molecule has 0 amide bonds. The topological polar surface area (TPSA) is 91.3 Å². The van der Waals surface area contributed by atoms with Gasteiger partial charge in [0.05, 0.1) is 25.4 Å². The van der Waals surface area contributed by atoms with E-state index in [0.717, 1.165) is 30.4 Å². The van der Waals surface area contributed by atoms with Crippen molar-refractivity contribution in [2.45, 2.75) is 162 Å². The molecule has 0 bridgehead atoms. The van der Waals surface area contributed by atoms with E-state index in [1.807, 2.05) is 32.1 Å². The maximum absolute atomic E-state index is 12.9. The highest BCUT2D eigenvalue weighted by molar-refractivity contribution is 6.77. The van der Waals surface area contributed by atoms with E-state index in [1.54, 1.807) is 6.08 Å². The first-order valence-corrected chi connectivity index (χ1v) is 24.2. The lowest BCUT2D eigenvalue weighted by Crippen LogP contribution is -2.53. The number of aliphatic hydroxyl groups excluding tert-OH is 1. The van der Waals surface area contributed by atoms with Crippen LogP contribution in [0.1, 0.15) is 101 Å². The predicted octanol–water partition coefficient (Wildman–Crippen LogP) is 10.3. The Labute approximate surface area is 307 Å². The molecule has 1 N–H and O–H groups in total. The monoisotopic (exact) mass is 730 g/mol. The minimum Gasteiger partial charge on any atom is -0.466 e. The molecule has 284 valence electrons. The summed E-state index contributed by atoms with van der Waals surface area (Å²) in [5, 5.41) is 11.0. The molecule has 0 fully saturated rings. The summed E-state index contributed by atoms with van der Waals surface area (Å²) in [5.74, 6) is -0.911. The molecule has 1 rings (SSSR count). The predicted molar refractivity (Wildman–Crippen MR) is 213 cm³/mol. The van der Waals surface area contributed by atoms with Gasteiger partial charge in [-0.15, -0.1) is 0 Å². The Kier molecular flexibility index (Phi) is 20.7. The molecule has 1 aliphatic heterocycles. The summed E-state index contributed by atoms with van der Waals surface area (Å²) in [5.41, 5.74) is 3.23. The van der Waals surface area contributed by atoms with Crippen LogP contribution < -0.4 is 0 Å². The van der Waals surface area contributed by atoms with E-state index in [0.29, 0.717) is 35.9 Å². The molecule has 0 aliphatic carbocycles. The lowest BCUT2D eigenvalue weighted by atomic mass is 9.95. The van der Waals surface area contributed by atoms with E-state index in [-0.39, 0.29) is 18.1 Å². The minimum absolute atomic E-state index is 0.101. The lowest BCUT2D eigenvalue weighted by Gasteiger charge is -2.46. The lowest BCUT2D eigenvalue weighted by molar-refractivity contribution is -0.144. The number of allylic oxidation sites excluding steroid dienone is 6. The van der Waals surface area contributed by atoms with Gasteiger partial charge in [0.15, 0.2) is 8.32 Å². The van der Waals surface area contributed by atoms with Gasteiger partial charge < -0.3 is 23.4 Å². The Balaban J connectivity index is 3.51. The van der Waals surface area contributed by atoms with Crippen molar-refractivity contribution in [2.75, 3.05) is 7.11 Å². The van der Waals surface area contributed by atoms with Crippen LogP contribution in [0.5, 0.6) is 0 Å². The molecule has 0 aromatic heterocycles. The summed E-state index contributed by atoms with van der Waals surface area (Å²) in [6.45, 7) is 26.5. The Morgan fingerprint density at radius 2 is 1.58 bits per heavy atom. The van der Waals surface area contributed by atoms with Gasteiger partial charge in [0.1, 0.15) is 6.10 Å². The molecular formula is C41H70O7Si2. The van der Waals surface area contributed by atoms with Crippen molar-refractivity contribution in [3.05, 3.63) is 71.9 Å². The third kappa shape index (κ3) is 16.8. The highest BCUT2D eigenvalue weighted by Gasteiger charge is 2.47. The van der Waals surface area contributed by atoms with E-state index in [4.69, 9.17) is 18.3 Å². The molecule has 0 spiro atoms. The molecule has 0 unspecified atom stereocenters. The quantitative estimate of drug-likeness (QED) is 0.0744. The number of esters is 2. The molecule has 1 aliphatic rings. The fourth-order valence-electron chi connectivity index (χ4n) is 6.93. The number of aliphatic hydroxyl groups is 1. The number of methoxy groups -OCH3 is 1. The molecule has 0 saturated heterocycles. The van der Waals surface area contributed by atoms with Crippen molar-refractivity contribution >= 4 is 28.6 Å². The number of cyclic esters (lactones) is 1. The van der Waals surface area contributed by atoms with Crippen molar-refractivity contribution < 1.29 is 33.0 Å². The van der Waals surface area contributed by atoms with Crippen LogP contribution in [0, 0.1) is 5.92 Å². The zero-order valence-corrected chi connectivity index (χ0v) is 35.5. The normalized spacial score (nSPS) is 26.7. The Hall–Kier alpha value is -2.31. The van der Waals surface area contributed by atoms with Crippen LogP contribution in [0.25, 0.3) is 0 Å². The second-order valence-corrected chi connectivity index (χ2v) is 25.6. The SMILES string of the molecule is COC(=O)/C=C/C(C)=C/[C@H](C)[C@@H]1C/C(C)=C/C=C/CC[C@@H](O[Si](C)(C)C)[C@H](O[Si](C(C)C)(C(C)C)C(C)C)/C=C/[C@H](O)CCC/C=C/C(=O)O1. The fraction of sp³-hybridized carbons (Fsp3) is 0.659. The summed E-state index contributed by atoms with van der Waals surface area (Å²) >= 11 is 0. The van der Waals surface area contributed by atoms with Crippen LogP contribution in [0.2, 0.25) is 36.3 Å². The number of carbonyl (C=O) groups excluding carboxylic acids is 2. The first-order valence-electron chi connectivity index (χ1n) is 18.7. The summed E-state index contributed by atoms with van der Waals surface area (Å²) in [7, 11) is -2.86. The van der Waals surface area contributed by atoms with Crippen LogP contribution in [-0.4, -0.2) is 65.2 Å². The highest BCUT2D eigenvalue weighted by Crippen LogP contribution is 2.44. The number of rotatable bonds is 11. The average molecular weight is 731 g/mol. The first kappa shape index (κ1) is 45.7. The van der Waals surface area contributed by atoms with Gasteiger partial charge in [0.2, 0.25) is 8.32 Å². The fourth-order valence-corrected chi connectivity index (χ4v) is 13.6. The van der Waals surface area contributed by atoms with Gasteiger partial charge in [0, 0.05) is 24.5 Å². The molecule has 7 nitrogen and oxygen atoms in total. The third-order valence-electron chi connectivity index (χ3n) is 9.29. The van der Waals surface area contributed by atoms with E-state index in [1.165, 1.54) is 19.3 Å². The average Bonchev–Trinajstić information content (AvgIpc) is 3.00. The zero-order chi connectivity index (χ0) is 38.1. The van der Waals surface area contributed by atoms with Crippen LogP contribution in [0.3, 0.4) is 0 Å². The summed E-state index contributed by atoms with van der Waals surface area (Å²) in [6.07, 6.45) is 21.4. The molecule has 1 heterocycles. The van der Waals surface area contributed by atoms with Crippen molar-refractivity contribution in [1.82, 2.24) is 0 Å². The third-order valence-corrected chi connectivity index (χ3v) is 16.4. The first-order chi connectivity index (χ1) is 23.3. The van der Waals surface area contributed by atoms with Gasteiger partial charge in [-0.2, -0.15) is 0 Å². The molecule has 0 aromatic rings. The molecule has 9 heteroatoms. The second kappa shape index (κ2) is 22.6. The van der Waals surface area contributed by atoms with Crippen molar-refractivity contribution in [3.63, 3.8) is 0 Å². The van der Waals surface area contributed by atoms with E-state index < -0.39 is 40.8 Å². The van der Waals surface area contributed by atoms with Gasteiger partial charge in [-0.1, -0.05) is 108 Å². The van der Waals surface area contributed by atoms with Gasteiger partial charge in [-0.05, 0) is 82.2 Å². The van der Waals surface area contributed by atoms with E-state index >= 15 is 0 Å². The molecular weight excluding hydrogens is 661 g/mol. The highest BCUT2D eigenvalue weighted by atomic mass is 28.4. The van der Waals surface area contributed by atoms with Crippen LogP contribution in [-0.2, 0) is 27.9 Å². The zero-order valence-electron chi connectivity index (χ0n) is 33.5. The summed E-state index contributed by atoms with van der Waals surface area (Å²) < 4.78 is 24.9. The van der Waals surface area contributed by atoms with Gasteiger partial charge in [-0.25, -0.2) is 9.59 Å².